The average Bonchev–Trinajstić information content (AvgIpc) is 3.25. The quantitative estimate of drug-likeness (QED) is 0.262. The number of para-hydroxylation sites is 1. The molecule has 0 N–H and O–H groups in total. The molecule has 2 heteroatoms. The van der Waals surface area contributed by atoms with Gasteiger partial charge in [-0.2, -0.15) is 0 Å². The Kier molecular flexibility index (Phi) is 4.40. The Morgan fingerprint density at radius 3 is 1.97 bits per heavy atom. The van der Waals surface area contributed by atoms with E-state index in [1.165, 1.54) is 60.4 Å². The van der Waals surface area contributed by atoms with Gasteiger partial charge in [0.2, 0.25) is 0 Å². The van der Waals surface area contributed by atoms with Crippen molar-refractivity contribution in [3.05, 3.63) is 127 Å². The minimum Gasteiger partial charge on any atom is -0.345 e. The summed E-state index contributed by atoms with van der Waals surface area (Å²) in [6.07, 6.45) is 0. The van der Waals surface area contributed by atoms with Gasteiger partial charge in [0.15, 0.2) is 0 Å². The summed E-state index contributed by atoms with van der Waals surface area (Å²) in [7, 11) is 2.15. The van der Waals surface area contributed by atoms with Gasteiger partial charge in [-0.15, -0.1) is 0 Å². The van der Waals surface area contributed by atoms with Crippen LogP contribution in [0.15, 0.2) is 127 Å². The van der Waals surface area contributed by atoms with Crippen molar-refractivity contribution in [2.24, 2.45) is 0 Å². The van der Waals surface area contributed by atoms with Crippen molar-refractivity contribution >= 4 is 54.7 Å². The molecular weight excluding hydrogens is 424 g/mol. The molecule has 2 nitrogen and oxygen atoms in total. The van der Waals surface area contributed by atoms with Gasteiger partial charge in [-0.05, 0) is 58.6 Å². The van der Waals surface area contributed by atoms with Gasteiger partial charge in [0.1, 0.15) is 0 Å². The Labute approximate surface area is 204 Å². The predicted molar refractivity (Wildman–Crippen MR) is 150 cm³/mol. The molecule has 0 atom stereocenters. The zero-order chi connectivity index (χ0) is 23.4. The highest BCUT2D eigenvalue weighted by molar-refractivity contribution is 6.11. The molecule has 0 aliphatic carbocycles. The third-order valence-electron chi connectivity index (χ3n) is 7.17. The Morgan fingerprint density at radius 1 is 0.457 bits per heavy atom. The fraction of sp³-hybridized carbons (Fsp3) is 0.0303. The van der Waals surface area contributed by atoms with Gasteiger partial charge in [0.25, 0.3) is 0 Å². The van der Waals surface area contributed by atoms with Gasteiger partial charge >= 0.3 is 0 Å². The van der Waals surface area contributed by atoms with Crippen molar-refractivity contribution in [3.63, 3.8) is 0 Å². The smallest absolute Gasteiger partial charge is 0.0542 e. The second-order valence-corrected chi connectivity index (χ2v) is 9.14. The average molecular weight is 449 g/mol. The lowest BCUT2D eigenvalue weighted by Crippen LogP contribution is -2.09. The van der Waals surface area contributed by atoms with Gasteiger partial charge < -0.3 is 9.47 Å². The number of benzene rings is 6. The second-order valence-electron chi connectivity index (χ2n) is 9.14. The van der Waals surface area contributed by atoms with Gasteiger partial charge in [-0.25, -0.2) is 0 Å². The van der Waals surface area contributed by atoms with Crippen LogP contribution in [0.1, 0.15) is 0 Å². The van der Waals surface area contributed by atoms with Crippen LogP contribution in [0.4, 0.5) is 11.4 Å². The molecule has 0 spiro atoms. The van der Waals surface area contributed by atoms with Crippen LogP contribution >= 0.6 is 0 Å². The molecule has 1 aromatic heterocycles. The fourth-order valence-electron chi connectivity index (χ4n) is 5.37. The largest absolute Gasteiger partial charge is 0.345 e. The van der Waals surface area contributed by atoms with Crippen LogP contribution in [0.2, 0.25) is 0 Å². The summed E-state index contributed by atoms with van der Waals surface area (Å²) in [4.78, 5) is 2.27. The van der Waals surface area contributed by atoms with Crippen molar-refractivity contribution in [1.29, 1.82) is 0 Å². The summed E-state index contributed by atoms with van der Waals surface area (Å²) >= 11 is 0. The molecule has 1 heterocycles. The maximum atomic E-state index is 2.41. The molecule has 0 saturated heterocycles. The van der Waals surface area contributed by atoms with E-state index in [0.717, 1.165) is 0 Å². The maximum Gasteiger partial charge on any atom is 0.0542 e. The number of hydrogen-bond donors (Lipinski definition) is 0. The Morgan fingerprint density at radius 2 is 1.09 bits per heavy atom. The van der Waals surface area contributed by atoms with Crippen LogP contribution in [0.25, 0.3) is 49.0 Å². The van der Waals surface area contributed by atoms with Gasteiger partial charge in [-0.1, -0.05) is 84.9 Å². The molecular formula is C33H24N2. The van der Waals surface area contributed by atoms with Crippen molar-refractivity contribution in [2.75, 3.05) is 11.9 Å². The van der Waals surface area contributed by atoms with Crippen molar-refractivity contribution in [1.82, 2.24) is 4.57 Å². The molecule has 0 bridgehead atoms. The molecule has 0 radical (unpaired) electrons. The minimum atomic E-state index is 1.17. The first kappa shape index (κ1) is 19.9. The van der Waals surface area contributed by atoms with E-state index in [9.17, 15) is 0 Å². The Hall–Kier alpha value is -4.56. The van der Waals surface area contributed by atoms with Crippen LogP contribution in [0.3, 0.4) is 0 Å². The topological polar surface area (TPSA) is 8.17 Å². The summed E-state index contributed by atoms with van der Waals surface area (Å²) in [5.74, 6) is 0. The summed E-state index contributed by atoms with van der Waals surface area (Å²) in [5, 5.41) is 7.56. The third-order valence-corrected chi connectivity index (χ3v) is 7.17. The van der Waals surface area contributed by atoms with Crippen LogP contribution in [-0.4, -0.2) is 11.6 Å². The molecule has 35 heavy (non-hydrogen) atoms. The van der Waals surface area contributed by atoms with Gasteiger partial charge in [0.05, 0.1) is 16.7 Å². The van der Waals surface area contributed by atoms with Crippen molar-refractivity contribution in [2.45, 2.75) is 0 Å². The molecule has 166 valence electrons. The van der Waals surface area contributed by atoms with Crippen molar-refractivity contribution < 1.29 is 0 Å². The van der Waals surface area contributed by atoms with E-state index in [-0.39, 0.29) is 0 Å². The molecule has 0 amide bonds. The molecule has 7 aromatic rings. The molecule has 0 fully saturated rings. The molecule has 7 rings (SSSR count). The molecule has 0 aliphatic rings. The lowest BCUT2D eigenvalue weighted by molar-refractivity contribution is 1.19. The van der Waals surface area contributed by atoms with E-state index in [4.69, 9.17) is 0 Å². The SMILES string of the molecule is CN(c1ccc2ccccc2c1)c1ccc2c(c1)c1ccccc1n2-c1cccc2ccccc12. The summed E-state index contributed by atoms with van der Waals surface area (Å²) in [5.41, 5.74) is 6.02. The maximum absolute atomic E-state index is 2.41. The zero-order valence-corrected chi connectivity index (χ0v) is 19.5. The van der Waals surface area contributed by atoms with Gasteiger partial charge in [-0.3, -0.25) is 0 Å². The van der Waals surface area contributed by atoms with Crippen LogP contribution in [0, 0.1) is 0 Å². The first-order valence-corrected chi connectivity index (χ1v) is 12.0. The highest BCUT2D eigenvalue weighted by atomic mass is 15.1. The Balaban J connectivity index is 1.44. The van der Waals surface area contributed by atoms with Crippen LogP contribution in [-0.2, 0) is 0 Å². The lowest BCUT2D eigenvalue weighted by Gasteiger charge is -2.20. The fourth-order valence-corrected chi connectivity index (χ4v) is 5.37. The standard InChI is InChI=1S/C33H24N2/c1-34(26-18-17-23-9-2-3-11-25(23)21-26)27-19-20-33-30(22-27)29-14-6-7-15-32(29)35(33)31-16-8-12-24-10-4-5-13-28(24)31/h2-22H,1H3. The van der Waals surface area contributed by atoms with Crippen molar-refractivity contribution in [3.8, 4) is 5.69 Å². The number of hydrogen-bond acceptors (Lipinski definition) is 1. The predicted octanol–water partition coefficient (Wildman–Crippen LogP) is 8.86. The highest BCUT2D eigenvalue weighted by Gasteiger charge is 2.15. The minimum absolute atomic E-state index is 1.17. The monoisotopic (exact) mass is 448 g/mol. The molecule has 6 aromatic carbocycles. The van der Waals surface area contributed by atoms with Crippen LogP contribution in [0.5, 0.6) is 0 Å². The number of nitrogens with zero attached hydrogens (tertiary/aromatic N) is 2. The first-order valence-electron chi connectivity index (χ1n) is 12.0. The molecule has 0 saturated carbocycles. The Bertz CT molecular complexity index is 1870. The first-order chi connectivity index (χ1) is 17.3. The van der Waals surface area contributed by atoms with E-state index >= 15 is 0 Å². The molecule has 0 unspecified atom stereocenters. The molecule has 0 aliphatic heterocycles. The number of anilines is 2. The van der Waals surface area contributed by atoms with E-state index < -0.39 is 0 Å². The van der Waals surface area contributed by atoms with Gasteiger partial charge in [0, 0.05) is 34.6 Å². The normalized spacial score (nSPS) is 11.6. The number of fused-ring (bicyclic) bond motifs is 5. The number of rotatable bonds is 3. The number of aromatic nitrogens is 1. The van der Waals surface area contributed by atoms with E-state index in [0.29, 0.717) is 0 Å². The summed E-state index contributed by atoms with van der Waals surface area (Å²) < 4.78 is 2.41. The summed E-state index contributed by atoms with van der Waals surface area (Å²) in [6.45, 7) is 0. The third kappa shape index (κ3) is 3.11. The highest BCUT2D eigenvalue weighted by Crippen LogP contribution is 2.37. The summed E-state index contributed by atoms with van der Waals surface area (Å²) in [6, 6.07) is 45.9. The van der Waals surface area contributed by atoms with Crippen LogP contribution < -0.4 is 4.90 Å². The van der Waals surface area contributed by atoms with E-state index in [2.05, 4.69) is 144 Å². The lowest BCUT2D eigenvalue weighted by atomic mass is 10.1. The zero-order valence-electron chi connectivity index (χ0n) is 19.5. The second kappa shape index (κ2) is 7.75. The van der Waals surface area contributed by atoms with E-state index in [1.807, 2.05) is 0 Å². The van der Waals surface area contributed by atoms with E-state index in [1.54, 1.807) is 0 Å².